The van der Waals surface area contributed by atoms with Gasteiger partial charge in [0.25, 0.3) is 0 Å². The van der Waals surface area contributed by atoms with Crippen molar-refractivity contribution in [2.45, 2.75) is 53.0 Å². The van der Waals surface area contributed by atoms with Crippen molar-refractivity contribution in [2.24, 2.45) is 5.92 Å². The summed E-state index contributed by atoms with van der Waals surface area (Å²) >= 11 is 0. The molecule has 0 aliphatic rings. The zero-order valence-corrected chi connectivity index (χ0v) is 10.9. The highest BCUT2D eigenvalue weighted by atomic mass is 16.5. The Morgan fingerprint density at radius 1 is 1.25 bits per heavy atom. The van der Waals surface area contributed by atoms with E-state index < -0.39 is 0 Å². The molecule has 0 spiro atoms. The molecule has 2 atom stereocenters. The lowest BCUT2D eigenvalue weighted by Crippen LogP contribution is -2.34. The molecular weight excluding hydrogens is 202 g/mol. The van der Waals surface area contributed by atoms with E-state index in [2.05, 4.69) is 43.2 Å². The fourth-order valence-corrected chi connectivity index (χ4v) is 2.07. The Morgan fingerprint density at radius 3 is 2.38 bits per heavy atom. The maximum Gasteiger partial charge on any atom is 0.231 e. The van der Waals surface area contributed by atoms with E-state index in [1.807, 2.05) is 6.92 Å². The average Bonchev–Trinajstić information content (AvgIpc) is 2.66. The molecular formula is C12H23N3O. The third-order valence-corrected chi connectivity index (χ3v) is 2.87. The molecule has 0 aliphatic carbocycles. The number of rotatable bonds is 6. The first-order valence-corrected chi connectivity index (χ1v) is 6.15. The quantitative estimate of drug-likeness (QED) is 0.807. The van der Waals surface area contributed by atoms with Crippen LogP contribution in [0, 0.1) is 5.92 Å². The summed E-state index contributed by atoms with van der Waals surface area (Å²) in [5.74, 6) is 2.33. The van der Waals surface area contributed by atoms with Crippen LogP contribution in [0.1, 0.15) is 52.3 Å². The van der Waals surface area contributed by atoms with Crippen molar-refractivity contribution in [1.29, 1.82) is 0 Å². The summed E-state index contributed by atoms with van der Waals surface area (Å²) in [6, 6.07) is 0.357. The summed E-state index contributed by atoms with van der Waals surface area (Å²) in [7, 11) is 0. The topological polar surface area (TPSA) is 51.0 Å². The highest BCUT2D eigenvalue weighted by molar-refractivity contribution is 4.99. The smallest absolute Gasteiger partial charge is 0.231 e. The van der Waals surface area contributed by atoms with Gasteiger partial charge in [0.05, 0.1) is 5.92 Å². The van der Waals surface area contributed by atoms with Gasteiger partial charge in [0, 0.05) is 12.5 Å². The van der Waals surface area contributed by atoms with E-state index in [1.54, 1.807) is 0 Å². The predicted octanol–water partition coefficient (Wildman–Crippen LogP) is 2.37. The van der Waals surface area contributed by atoms with Crippen LogP contribution in [0.25, 0.3) is 0 Å². The lowest BCUT2D eigenvalue weighted by Gasteiger charge is -2.24. The fraction of sp³-hybridized carbons (Fsp3) is 0.833. The number of hydrogen-bond donors (Lipinski definition) is 1. The third kappa shape index (κ3) is 3.04. The summed E-state index contributed by atoms with van der Waals surface area (Å²) < 4.78 is 5.35. The Bertz CT molecular complexity index is 309. The van der Waals surface area contributed by atoms with Crippen molar-refractivity contribution in [2.75, 3.05) is 6.54 Å². The lowest BCUT2D eigenvalue weighted by atomic mass is 9.89. The second-order valence-electron chi connectivity index (χ2n) is 4.52. The van der Waals surface area contributed by atoms with Crippen molar-refractivity contribution in [3.8, 4) is 0 Å². The molecule has 4 nitrogen and oxygen atoms in total. The van der Waals surface area contributed by atoms with Crippen LogP contribution >= 0.6 is 0 Å². The Morgan fingerprint density at radius 2 is 1.94 bits per heavy atom. The number of aromatic nitrogens is 2. The molecule has 1 aromatic rings. The fourth-order valence-electron chi connectivity index (χ4n) is 2.07. The average molecular weight is 225 g/mol. The van der Waals surface area contributed by atoms with Crippen LogP contribution in [0.5, 0.6) is 0 Å². The Balaban J connectivity index is 2.84. The highest BCUT2D eigenvalue weighted by Crippen LogP contribution is 2.26. The van der Waals surface area contributed by atoms with Crippen LogP contribution < -0.4 is 5.32 Å². The number of nitrogens with zero attached hydrogens (tertiary/aromatic N) is 2. The van der Waals surface area contributed by atoms with Gasteiger partial charge < -0.3 is 9.84 Å². The van der Waals surface area contributed by atoms with Gasteiger partial charge in [-0.2, -0.15) is 4.98 Å². The number of hydrogen-bond acceptors (Lipinski definition) is 4. The minimum Gasteiger partial charge on any atom is -0.339 e. The van der Waals surface area contributed by atoms with Crippen molar-refractivity contribution in [1.82, 2.24) is 15.5 Å². The summed E-state index contributed by atoms with van der Waals surface area (Å²) in [5.41, 5.74) is 0. The summed E-state index contributed by atoms with van der Waals surface area (Å²) in [4.78, 5) is 4.44. The number of aryl methyl sites for hydroxylation is 1. The molecule has 0 aliphatic heterocycles. The number of nitrogens with one attached hydrogen (secondary N) is 1. The van der Waals surface area contributed by atoms with Crippen molar-refractivity contribution < 1.29 is 4.52 Å². The SMILES string of the molecule is CCNC(C)C(c1nc(CC)no1)C(C)C. The first-order chi connectivity index (χ1) is 7.60. The van der Waals surface area contributed by atoms with Crippen LogP contribution in [0.4, 0.5) is 0 Å². The minimum atomic E-state index is 0.285. The van der Waals surface area contributed by atoms with Crippen molar-refractivity contribution in [3.05, 3.63) is 11.7 Å². The summed E-state index contributed by atoms with van der Waals surface area (Å²) in [6.45, 7) is 11.7. The molecule has 1 heterocycles. The van der Waals surface area contributed by atoms with Gasteiger partial charge in [0.2, 0.25) is 5.89 Å². The molecule has 0 aromatic carbocycles. The Kier molecular flexibility index (Phi) is 4.93. The molecule has 2 unspecified atom stereocenters. The normalized spacial score (nSPS) is 15.4. The standard InChI is InChI=1S/C12H23N3O/c1-6-10-14-12(16-15-10)11(8(3)4)9(5)13-7-2/h8-9,11,13H,6-7H2,1-5H3. The highest BCUT2D eigenvalue weighted by Gasteiger charge is 2.27. The second-order valence-corrected chi connectivity index (χ2v) is 4.52. The molecule has 0 radical (unpaired) electrons. The molecule has 0 bridgehead atoms. The minimum absolute atomic E-state index is 0.285. The molecule has 0 fully saturated rings. The maximum absolute atomic E-state index is 5.35. The van der Waals surface area contributed by atoms with E-state index in [0.29, 0.717) is 12.0 Å². The van der Waals surface area contributed by atoms with Gasteiger partial charge in [-0.25, -0.2) is 0 Å². The van der Waals surface area contributed by atoms with Crippen LogP contribution in [0.15, 0.2) is 4.52 Å². The molecule has 1 aromatic heterocycles. The van der Waals surface area contributed by atoms with E-state index in [1.165, 1.54) is 0 Å². The molecule has 1 N–H and O–H groups in total. The second kappa shape index (κ2) is 5.99. The van der Waals surface area contributed by atoms with Gasteiger partial charge in [-0.05, 0) is 19.4 Å². The lowest BCUT2D eigenvalue weighted by molar-refractivity contribution is 0.280. The third-order valence-electron chi connectivity index (χ3n) is 2.87. The van der Waals surface area contributed by atoms with Gasteiger partial charge in [0.1, 0.15) is 0 Å². The van der Waals surface area contributed by atoms with Crippen LogP contribution in [-0.2, 0) is 6.42 Å². The maximum atomic E-state index is 5.35. The van der Waals surface area contributed by atoms with Crippen molar-refractivity contribution in [3.63, 3.8) is 0 Å². The Labute approximate surface area is 97.8 Å². The molecule has 16 heavy (non-hydrogen) atoms. The van der Waals surface area contributed by atoms with E-state index in [9.17, 15) is 0 Å². The molecule has 1 rings (SSSR count). The van der Waals surface area contributed by atoms with Crippen LogP contribution in [-0.4, -0.2) is 22.7 Å². The van der Waals surface area contributed by atoms with Gasteiger partial charge in [-0.15, -0.1) is 0 Å². The monoisotopic (exact) mass is 225 g/mol. The van der Waals surface area contributed by atoms with Gasteiger partial charge in [-0.3, -0.25) is 0 Å². The molecule has 92 valence electrons. The van der Waals surface area contributed by atoms with Crippen LogP contribution in [0.2, 0.25) is 0 Å². The molecule has 4 heteroatoms. The molecule has 0 saturated carbocycles. The van der Waals surface area contributed by atoms with Crippen LogP contribution in [0.3, 0.4) is 0 Å². The zero-order valence-electron chi connectivity index (χ0n) is 10.9. The molecule has 0 amide bonds. The first-order valence-electron chi connectivity index (χ1n) is 6.15. The van der Waals surface area contributed by atoms with Crippen molar-refractivity contribution >= 4 is 0 Å². The summed E-state index contributed by atoms with van der Waals surface area (Å²) in [6.07, 6.45) is 0.823. The van der Waals surface area contributed by atoms with Gasteiger partial charge >= 0.3 is 0 Å². The zero-order chi connectivity index (χ0) is 12.1. The van der Waals surface area contributed by atoms with E-state index in [-0.39, 0.29) is 5.92 Å². The Hall–Kier alpha value is -0.900. The van der Waals surface area contributed by atoms with Gasteiger partial charge in [-0.1, -0.05) is 32.9 Å². The molecule has 0 saturated heterocycles. The van der Waals surface area contributed by atoms with E-state index in [0.717, 1.165) is 24.7 Å². The predicted molar refractivity (Wildman–Crippen MR) is 64.4 cm³/mol. The van der Waals surface area contributed by atoms with E-state index in [4.69, 9.17) is 4.52 Å². The van der Waals surface area contributed by atoms with E-state index >= 15 is 0 Å². The first kappa shape index (κ1) is 13.2. The van der Waals surface area contributed by atoms with Gasteiger partial charge in [0.15, 0.2) is 5.82 Å². The summed E-state index contributed by atoms with van der Waals surface area (Å²) in [5, 5.41) is 7.39. The largest absolute Gasteiger partial charge is 0.339 e. The number of likely N-dealkylation sites (N-methyl/N-ethyl adjacent to an activating group) is 1.